The molecule has 0 aliphatic rings. The van der Waals surface area contributed by atoms with E-state index in [1.54, 1.807) is 0 Å². The minimum Gasteiger partial charge on any atom is -0.456 e. The summed E-state index contributed by atoms with van der Waals surface area (Å²) < 4.78 is 12.8. The van der Waals surface area contributed by atoms with Gasteiger partial charge >= 0.3 is 0 Å². The fraction of sp³-hybridized carbons (Fsp3) is 0. The molecule has 194 valence electrons. The Morgan fingerprint density at radius 2 is 0.976 bits per heavy atom. The van der Waals surface area contributed by atoms with Gasteiger partial charge in [-0.3, -0.25) is 0 Å². The van der Waals surface area contributed by atoms with Crippen molar-refractivity contribution < 1.29 is 8.83 Å². The lowest BCUT2D eigenvalue weighted by molar-refractivity contribution is 0.668. The molecule has 42 heavy (non-hydrogen) atoms. The third-order valence-electron chi connectivity index (χ3n) is 9.03. The lowest BCUT2D eigenvalue weighted by atomic mass is 9.88. The Morgan fingerprint density at radius 1 is 0.333 bits per heavy atom. The average molecular weight is 535 g/mol. The summed E-state index contributed by atoms with van der Waals surface area (Å²) in [5, 5.41) is 12.3. The molecular formula is C40H22O2. The molecular weight excluding hydrogens is 512 g/mol. The number of rotatable bonds is 2. The molecule has 0 aliphatic heterocycles. The average Bonchev–Trinajstić information content (AvgIpc) is 3.62. The van der Waals surface area contributed by atoms with Crippen molar-refractivity contribution in [3.05, 3.63) is 133 Å². The molecule has 2 aromatic heterocycles. The lowest BCUT2D eigenvalue weighted by Crippen LogP contribution is -1.89. The van der Waals surface area contributed by atoms with Crippen LogP contribution in [0.25, 0.3) is 98.4 Å². The van der Waals surface area contributed by atoms with Crippen molar-refractivity contribution in [2.24, 2.45) is 0 Å². The maximum absolute atomic E-state index is 6.68. The summed E-state index contributed by atoms with van der Waals surface area (Å²) in [4.78, 5) is 0. The summed E-state index contributed by atoms with van der Waals surface area (Å²) >= 11 is 0. The van der Waals surface area contributed by atoms with Gasteiger partial charge < -0.3 is 8.83 Å². The summed E-state index contributed by atoms with van der Waals surface area (Å²) in [6.07, 6.45) is 0. The highest BCUT2D eigenvalue weighted by molar-refractivity contribution is 6.27. The molecule has 0 atom stereocenters. The zero-order valence-corrected chi connectivity index (χ0v) is 22.5. The lowest BCUT2D eigenvalue weighted by Gasteiger charge is -2.15. The van der Waals surface area contributed by atoms with Crippen LogP contribution in [0.3, 0.4) is 0 Å². The maximum Gasteiger partial charge on any atom is 0.143 e. The summed E-state index contributed by atoms with van der Waals surface area (Å²) in [5.74, 6) is 0. The molecule has 0 radical (unpaired) electrons. The van der Waals surface area contributed by atoms with Gasteiger partial charge in [0, 0.05) is 27.1 Å². The fourth-order valence-electron chi connectivity index (χ4n) is 7.14. The summed E-state index contributed by atoms with van der Waals surface area (Å²) in [7, 11) is 0. The molecule has 0 N–H and O–H groups in total. The van der Waals surface area contributed by atoms with Crippen LogP contribution in [0.1, 0.15) is 0 Å². The summed E-state index contributed by atoms with van der Waals surface area (Å²) in [6, 6.07) is 47.7. The Morgan fingerprint density at radius 3 is 1.83 bits per heavy atom. The van der Waals surface area contributed by atoms with E-state index in [1.165, 1.54) is 43.4 Å². The first-order valence-corrected chi connectivity index (χ1v) is 14.3. The molecule has 8 aromatic carbocycles. The van der Waals surface area contributed by atoms with Crippen molar-refractivity contribution in [3.63, 3.8) is 0 Å². The predicted octanol–water partition coefficient (Wildman–Crippen LogP) is 11.7. The highest BCUT2D eigenvalue weighted by atomic mass is 16.3. The first kappa shape index (κ1) is 22.1. The summed E-state index contributed by atoms with van der Waals surface area (Å²) in [5.41, 5.74) is 8.20. The first-order valence-electron chi connectivity index (χ1n) is 14.3. The molecule has 0 aliphatic carbocycles. The van der Waals surface area contributed by atoms with Crippen molar-refractivity contribution in [1.82, 2.24) is 0 Å². The van der Waals surface area contributed by atoms with E-state index in [4.69, 9.17) is 8.83 Å². The second-order valence-corrected chi connectivity index (χ2v) is 11.2. The number of benzene rings is 8. The molecule has 10 aromatic rings. The molecule has 0 spiro atoms. The van der Waals surface area contributed by atoms with E-state index < -0.39 is 0 Å². The zero-order valence-electron chi connectivity index (χ0n) is 22.5. The van der Waals surface area contributed by atoms with E-state index in [0.717, 1.165) is 55.0 Å². The van der Waals surface area contributed by atoms with Crippen LogP contribution < -0.4 is 0 Å². The van der Waals surface area contributed by atoms with Gasteiger partial charge in [0.05, 0.1) is 0 Å². The van der Waals surface area contributed by atoms with E-state index in [9.17, 15) is 0 Å². The van der Waals surface area contributed by atoms with Crippen molar-refractivity contribution in [1.29, 1.82) is 0 Å². The van der Waals surface area contributed by atoms with Gasteiger partial charge in [0.25, 0.3) is 0 Å². The summed E-state index contributed by atoms with van der Waals surface area (Å²) in [6.45, 7) is 0. The first-order chi connectivity index (χ1) is 20.8. The highest BCUT2D eigenvalue weighted by Gasteiger charge is 2.20. The Balaban J connectivity index is 1.29. The maximum atomic E-state index is 6.68. The van der Waals surface area contributed by atoms with Crippen molar-refractivity contribution >= 4 is 76.2 Å². The van der Waals surface area contributed by atoms with Gasteiger partial charge in [0.2, 0.25) is 0 Å². The molecule has 0 amide bonds. The number of furan rings is 2. The Bertz CT molecular complexity index is 2670. The molecule has 0 fully saturated rings. The van der Waals surface area contributed by atoms with Gasteiger partial charge in [-0.05, 0) is 79.3 Å². The standard InChI is InChI=1S/C40H22O2/c1-3-10-34-29(8-1)33-22-26(16-21-36(33)41-34)27-19-20-31(39-32-9-2-4-11-35(32)42-40(27)39)28-17-14-25-13-12-23-6-5-7-24-15-18-30(28)38(25)37(23)24/h1-22H. The van der Waals surface area contributed by atoms with E-state index in [2.05, 4.69) is 115 Å². The van der Waals surface area contributed by atoms with Crippen molar-refractivity contribution in [3.8, 4) is 22.3 Å². The minimum atomic E-state index is 0.895. The van der Waals surface area contributed by atoms with Gasteiger partial charge in [-0.2, -0.15) is 0 Å². The van der Waals surface area contributed by atoms with E-state index >= 15 is 0 Å². The Kier molecular flexibility index (Phi) is 4.21. The number of hydrogen-bond donors (Lipinski definition) is 0. The number of para-hydroxylation sites is 2. The molecule has 2 heteroatoms. The third kappa shape index (κ3) is 2.88. The van der Waals surface area contributed by atoms with Crippen molar-refractivity contribution in [2.45, 2.75) is 0 Å². The minimum absolute atomic E-state index is 0.895. The smallest absolute Gasteiger partial charge is 0.143 e. The fourth-order valence-corrected chi connectivity index (χ4v) is 7.14. The molecule has 0 bridgehead atoms. The topological polar surface area (TPSA) is 26.3 Å². The van der Waals surface area contributed by atoms with Crippen LogP contribution in [0.4, 0.5) is 0 Å². The molecule has 0 saturated heterocycles. The number of fused-ring (bicyclic) bond motifs is 6. The quantitative estimate of drug-likeness (QED) is 0.206. The molecule has 2 heterocycles. The van der Waals surface area contributed by atoms with Crippen LogP contribution in [0, 0.1) is 0 Å². The van der Waals surface area contributed by atoms with E-state index in [1.807, 2.05) is 18.2 Å². The van der Waals surface area contributed by atoms with E-state index in [-0.39, 0.29) is 0 Å². The van der Waals surface area contributed by atoms with Crippen LogP contribution in [-0.2, 0) is 0 Å². The molecule has 0 saturated carbocycles. The van der Waals surface area contributed by atoms with Crippen LogP contribution in [-0.4, -0.2) is 0 Å². The van der Waals surface area contributed by atoms with Crippen LogP contribution in [0.15, 0.2) is 142 Å². The Labute approximate surface area is 240 Å². The van der Waals surface area contributed by atoms with Gasteiger partial charge in [0.1, 0.15) is 22.3 Å². The zero-order chi connectivity index (χ0) is 27.4. The third-order valence-corrected chi connectivity index (χ3v) is 9.03. The highest BCUT2D eigenvalue weighted by Crippen LogP contribution is 2.46. The molecule has 10 rings (SSSR count). The van der Waals surface area contributed by atoms with Gasteiger partial charge in [-0.15, -0.1) is 0 Å². The van der Waals surface area contributed by atoms with Crippen molar-refractivity contribution in [2.75, 3.05) is 0 Å². The SMILES string of the molecule is c1cc2ccc3ccc(-c4ccc(-c5ccc6oc7ccccc7c6c5)c5oc6ccccc6c45)c4ccc(c1)c2c34. The van der Waals surface area contributed by atoms with Gasteiger partial charge in [-0.25, -0.2) is 0 Å². The van der Waals surface area contributed by atoms with Gasteiger partial charge in [0.15, 0.2) is 0 Å². The van der Waals surface area contributed by atoms with Crippen LogP contribution >= 0.6 is 0 Å². The molecule has 0 unspecified atom stereocenters. The van der Waals surface area contributed by atoms with Crippen LogP contribution in [0.5, 0.6) is 0 Å². The second kappa shape index (κ2) is 7.99. The number of hydrogen-bond acceptors (Lipinski definition) is 2. The van der Waals surface area contributed by atoms with Crippen LogP contribution in [0.2, 0.25) is 0 Å². The van der Waals surface area contributed by atoms with Gasteiger partial charge in [-0.1, -0.05) is 103 Å². The monoisotopic (exact) mass is 534 g/mol. The Hall–Kier alpha value is -5.60. The van der Waals surface area contributed by atoms with E-state index in [0.29, 0.717) is 0 Å². The largest absolute Gasteiger partial charge is 0.456 e. The molecule has 2 nitrogen and oxygen atoms in total. The normalized spacial score (nSPS) is 12.3. The predicted molar refractivity (Wildman–Crippen MR) is 176 cm³/mol. The second-order valence-electron chi connectivity index (χ2n) is 11.2.